The molecule has 7 heteroatoms. The van der Waals surface area contributed by atoms with E-state index in [1.165, 1.54) is 6.20 Å². The van der Waals surface area contributed by atoms with Gasteiger partial charge in [0.25, 0.3) is 0 Å². The number of halogens is 2. The van der Waals surface area contributed by atoms with Gasteiger partial charge in [-0.25, -0.2) is 14.2 Å². The predicted octanol–water partition coefficient (Wildman–Crippen LogP) is 2.81. The van der Waals surface area contributed by atoms with Gasteiger partial charge in [0.15, 0.2) is 11.6 Å². The summed E-state index contributed by atoms with van der Waals surface area (Å²) in [7, 11) is 0. The van der Waals surface area contributed by atoms with Gasteiger partial charge in [0.2, 0.25) is 0 Å². The van der Waals surface area contributed by atoms with E-state index in [4.69, 9.17) is 16.3 Å². The highest BCUT2D eigenvalue weighted by Gasteiger charge is 2.15. The number of carbonyl (C=O) groups excluding carboxylic acids is 1. The van der Waals surface area contributed by atoms with Crippen molar-refractivity contribution in [1.82, 2.24) is 10.3 Å². The maximum absolute atomic E-state index is 13.3. The van der Waals surface area contributed by atoms with Gasteiger partial charge in [-0.15, -0.1) is 0 Å². The zero-order chi connectivity index (χ0) is 14.5. The van der Waals surface area contributed by atoms with Crippen molar-refractivity contribution < 1.29 is 13.9 Å². The molecule has 1 heterocycles. The molecule has 1 rings (SSSR count). The molecule has 0 atom stereocenters. The Hall–Kier alpha value is -1.56. The number of rotatable bonds is 4. The molecular formula is C12H17ClFN3O2. The summed E-state index contributed by atoms with van der Waals surface area (Å²) < 4.78 is 18.4. The Kier molecular flexibility index (Phi) is 5.35. The number of anilines is 1. The van der Waals surface area contributed by atoms with Gasteiger partial charge in [-0.2, -0.15) is 0 Å². The summed E-state index contributed by atoms with van der Waals surface area (Å²) in [5.41, 5.74) is -0.540. The standard InChI is InChI=1S/C12H17ClFN3O2/c1-12(2,3)19-11(18)16-5-4-15-10-9(14)6-8(13)7-17-10/h6-7H,4-5H2,1-3H3,(H,15,17)(H,16,18). The van der Waals surface area contributed by atoms with Crippen LogP contribution in [0.3, 0.4) is 0 Å². The maximum Gasteiger partial charge on any atom is 0.407 e. The third-order valence-corrected chi connectivity index (χ3v) is 2.10. The van der Waals surface area contributed by atoms with E-state index in [1.807, 2.05) is 0 Å². The normalized spacial score (nSPS) is 11.0. The number of carbonyl (C=O) groups is 1. The van der Waals surface area contributed by atoms with Crippen LogP contribution in [0.5, 0.6) is 0 Å². The van der Waals surface area contributed by atoms with Crippen LogP contribution in [0.25, 0.3) is 0 Å². The van der Waals surface area contributed by atoms with Gasteiger partial charge in [0.1, 0.15) is 5.60 Å². The van der Waals surface area contributed by atoms with Crippen molar-refractivity contribution in [3.8, 4) is 0 Å². The second-order valence-electron chi connectivity index (χ2n) is 4.84. The zero-order valence-corrected chi connectivity index (χ0v) is 11.8. The average molecular weight is 290 g/mol. The quantitative estimate of drug-likeness (QED) is 0.837. The largest absolute Gasteiger partial charge is 0.444 e. The van der Waals surface area contributed by atoms with Crippen LogP contribution in [-0.2, 0) is 4.74 Å². The molecule has 5 nitrogen and oxygen atoms in total. The number of pyridine rings is 1. The van der Waals surface area contributed by atoms with Gasteiger partial charge in [-0.05, 0) is 26.8 Å². The summed E-state index contributed by atoms with van der Waals surface area (Å²) in [4.78, 5) is 15.1. The highest BCUT2D eigenvalue weighted by atomic mass is 35.5. The van der Waals surface area contributed by atoms with Gasteiger partial charge >= 0.3 is 6.09 Å². The van der Waals surface area contributed by atoms with Crippen molar-refractivity contribution in [2.45, 2.75) is 26.4 Å². The predicted molar refractivity (Wildman–Crippen MR) is 71.9 cm³/mol. The summed E-state index contributed by atoms with van der Waals surface area (Å²) in [5.74, 6) is -0.444. The van der Waals surface area contributed by atoms with Crippen molar-refractivity contribution in [1.29, 1.82) is 0 Å². The van der Waals surface area contributed by atoms with Crippen molar-refractivity contribution in [3.05, 3.63) is 23.1 Å². The first-order valence-corrected chi connectivity index (χ1v) is 6.17. The minimum absolute atomic E-state index is 0.0930. The third-order valence-electron chi connectivity index (χ3n) is 1.89. The fourth-order valence-electron chi connectivity index (χ4n) is 1.20. The SMILES string of the molecule is CC(C)(C)OC(=O)NCCNc1ncc(Cl)cc1F. The molecule has 0 aromatic carbocycles. The van der Waals surface area contributed by atoms with Gasteiger partial charge in [0.05, 0.1) is 5.02 Å². The molecule has 0 spiro atoms. The highest BCUT2D eigenvalue weighted by molar-refractivity contribution is 6.30. The van der Waals surface area contributed by atoms with Crippen molar-refractivity contribution >= 4 is 23.5 Å². The number of nitrogens with one attached hydrogen (secondary N) is 2. The zero-order valence-electron chi connectivity index (χ0n) is 11.1. The first-order chi connectivity index (χ1) is 8.78. The van der Waals surface area contributed by atoms with Crippen LogP contribution < -0.4 is 10.6 Å². The summed E-state index contributed by atoms with van der Waals surface area (Å²) in [6.07, 6.45) is 0.827. The number of hydrogen-bond donors (Lipinski definition) is 2. The molecule has 106 valence electrons. The smallest absolute Gasteiger partial charge is 0.407 e. The molecule has 19 heavy (non-hydrogen) atoms. The van der Waals surface area contributed by atoms with Crippen LogP contribution >= 0.6 is 11.6 Å². The molecule has 0 bridgehead atoms. The summed E-state index contributed by atoms with van der Waals surface area (Å²) >= 11 is 5.58. The molecule has 0 unspecified atom stereocenters. The lowest BCUT2D eigenvalue weighted by Gasteiger charge is -2.19. The van der Waals surface area contributed by atoms with Crippen LogP contribution in [0.15, 0.2) is 12.3 Å². The topological polar surface area (TPSA) is 63.2 Å². The Morgan fingerprint density at radius 2 is 2.16 bits per heavy atom. The Morgan fingerprint density at radius 1 is 1.47 bits per heavy atom. The number of alkyl carbamates (subject to hydrolysis) is 1. The number of aromatic nitrogens is 1. The summed E-state index contributed by atoms with van der Waals surface area (Å²) in [5, 5.41) is 5.52. The van der Waals surface area contributed by atoms with E-state index in [0.29, 0.717) is 13.1 Å². The first kappa shape index (κ1) is 15.5. The van der Waals surface area contributed by atoms with E-state index in [9.17, 15) is 9.18 Å². The molecule has 0 aliphatic heterocycles. The van der Waals surface area contributed by atoms with Gasteiger partial charge in [0, 0.05) is 19.3 Å². The number of nitrogens with zero attached hydrogens (tertiary/aromatic N) is 1. The first-order valence-electron chi connectivity index (χ1n) is 5.80. The van der Waals surface area contributed by atoms with E-state index in [1.54, 1.807) is 20.8 Å². The van der Waals surface area contributed by atoms with E-state index >= 15 is 0 Å². The monoisotopic (exact) mass is 289 g/mol. The molecule has 1 amide bonds. The average Bonchev–Trinajstić information content (AvgIpc) is 2.24. The second-order valence-corrected chi connectivity index (χ2v) is 5.28. The van der Waals surface area contributed by atoms with Crippen LogP contribution in [-0.4, -0.2) is 29.8 Å². The van der Waals surface area contributed by atoms with Crippen molar-refractivity contribution in [2.24, 2.45) is 0 Å². The molecule has 1 aromatic rings. The van der Waals surface area contributed by atoms with Crippen molar-refractivity contribution in [2.75, 3.05) is 18.4 Å². The molecule has 0 aliphatic rings. The number of hydrogen-bond acceptors (Lipinski definition) is 4. The minimum Gasteiger partial charge on any atom is -0.444 e. The lowest BCUT2D eigenvalue weighted by atomic mass is 10.2. The van der Waals surface area contributed by atoms with E-state index in [0.717, 1.165) is 6.07 Å². The van der Waals surface area contributed by atoms with E-state index < -0.39 is 17.5 Å². The van der Waals surface area contributed by atoms with Gasteiger partial charge in [-0.1, -0.05) is 11.6 Å². The van der Waals surface area contributed by atoms with Crippen molar-refractivity contribution in [3.63, 3.8) is 0 Å². The van der Waals surface area contributed by atoms with Gasteiger partial charge < -0.3 is 15.4 Å². The fraction of sp³-hybridized carbons (Fsp3) is 0.500. The Balaban J connectivity index is 2.29. The molecule has 0 saturated carbocycles. The molecule has 0 aliphatic carbocycles. The van der Waals surface area contributed by atoms with Crippen LogP contribution in [0.1, 0.15) is 20.8 Å². The number of ether oxygens (including phenoxy) is 1. The maximum atomic E-state index is 13.3. The van der Waals surface area contributed by atoms with Gasteiger partial charge in [-0.3, -0.25) is 0 Å². The lowest BCUT2D eigenvalue weighted by Crippen LogP contribution is -2.35. The molecule has 0 radical (unpaired) electrons. The Bertz CT molecular complexity index is 449. The Morgan fingerprint density at radius 3 is 2.74 bits per heavy atom. The lowest BCUT2D eigenvalue weighted by molar-refractivity contribution is 0.0530. The third kappa shape index (κ3) is 6.24. The molecule has 1 aromatic heterocycles. The molecule has 0 fully saturated rings. The minimum atomic E-state index is -0.540. The Labute approximate surface area is 116 Å². The summed E-state index contributed by atoms with van der Waals surface area (Å²) in [6.45, 7) is 5.94. The second kappa shape index (κ2) is 6.56. The van der Waals surface area contributed by atoms with Crippen LogP contribution in [0.4, 0.5) is 15.0 Å². The molecule has 2 N–H and O–H groups in total. The summed E-state index contributed by atoms with van der Waals surface area (Å²) in [6, 6.07) is 1.16. The molecular weight excluding hydrogens is 273 g/mol. The fourth-order valence-corrected chi connectivity index (χ4v) is 1.35. The molecule has 0 saturated heterocycles. The van der Waals surface area contributed by atoms with Crippen LogP contribution in [0, 0.1) is 5.82 Å². The van der Waals surface area contributed by atoms with E-state index in [2.05, 4.69) is 15.6 Å². The van der Waals surface area contributed by atoms with E-state index in [-0.39, 0.29) is 10.8 Å². The number of amides is 1. The highest BCUT2D eigenvalue weighted by Crippen LogP contribution is 2.14. The van der Waals surface area contributed by atoms with Crippen LogP contribution in [0.2, 0.25) is 5.02 Å².